The van der Waals surface area contributed by atoms with Gasteiger partial charge in [0.05, 0.1) is 5.69 Å². The van der Waals surface area contributed by atoms with Crippen molar-refractivity contribution in [3.05, 3.63) is 71.0 Å². The molecule has 0 bridgehead atoms. The van der Waals surface area contributed by atoms with E-state index in [1.165, 1.54) is 0 Å². The topological polar surface area (TPSA) is 42.2 Å². The van der Waals surface area contributed by atoms with Crippen LogP contribution in [0.5, 0.6) is 0 Å². The smallest absolute Gasteiger partial charge is 0.245 e. The maximum absolute atomic E-state index is 13.6. The van der Waals surface area contributed by atoms with Crippen LogP contribution >= 0.6 is 0 Å². The van der Waals surface area contributed by atoms with Crippen molar-refractivity contribution in [2.45, 2.75) is 26.4 Å². The van der Waals surface area contributed by atoms with E-state index in [2.05, 4.69) is 14.9 Å². The third-order valence-electron chi connectivity index (χ3n) is 4.20. The summed E-state index contributed by atoms with van der Waals surface area (Å²) in [6.07, 6.45) is 2.54. The molecule has 0 saturated carbocycles. The Bertz CT molecular complexity index is 840. The van der Waals surface area contributed by atoms with Gasteiger partial charge in [-0.3, -0.25) is 9.88 Å². The van der Waals surface area contributed by atoms with Crippen LogP contribution in [0, 0.1) is 12.7 Å². The van der Waals surface area contributed by atoms with Crippen molar-refractivity contribution in [2.75, 3.05) is 6.54 Å². The van der Waals surface area contributed by atoms with E-state index in [-0.39, 0.29) is 5.82 Å². The van der Waals surface area contributed by atoms with Gasteiger partial charge in [0.2, 0.25) is 5.89 Å². The van der Waals surface area contributed by atoms with Gasteiger partial charge >= 0.3 is 0 Å². The van der Waals surface area contributed by atoms with Crippen molar-refractivity contribution < 1.29 is 8.81 Å². The minimum Gasteiger partial charge on any atom is -0.440 e. The van der Waals surface area contributed by atoms with Gasteiger partial charge in [-0.2, -0.15) is 0 Å². The Labute approximate surface area is 140 Å². The second-order valence-electron chi connectivity index (χ2n) is 6.20. The highest BCUT2D eigenvalue weighted by atomic mass is 19.1. The molecule has 0 unspecified atom stereocenters. The fourth-order valence-electron chi connectivity index (χ4n) is 3.15. The zero-order valence-electron chi connectivity index (χ0n) is 13.5. The first-order chi connectivity index (χ1) is 11.7. The number of pyridine rings is 1. The number of aryl methyl sites for hydroxylation is 1. The lowest BCUT2D eigenvalue weighted by Crippen LogP contribution is -2.29. The molecule has 1 aromatic carbocycles. The number of fused-ring (bicyclic) bond motifs is 1. The van der Waals surface area contributed by atoms with Crippen molar-refractivity contribution in [1.29, 1.82) is 0 Å². The van der Waals surface area contributed by atoms with Gasteiger partial charge in [0.25, 0.3) is 0 Å². The molecule has 4 rings (SSSR count). The number of rotatable bonds is 3. The molecule has 1 aliphatic rings. The van der Waals surface area contributed by atoms with Crippen LogP contribution in [0.3, 0.4) is 0 Å². The summed E-state index contributed by atoms with van der Waals surface area (Å²) >= 11 is 0. The summed E-state index contributed by atoms with van der Waals surface area (Å²) in [7, 11) is 0. The van der Waals surface area contributed by atoms with Crippen LogP contribution in [-0.4, -0.2) is 21.4 Å². The van der Waals surface area contributed by atoms with E-state index in [0.717, 1.165) is 41.2 Å². The zero-order valence-corrected chi connectivity index (χ0v) is 13.5. The van der Waals surface area contributed by atoms with Gasteiger partial charge in [0, 0.05) is 32.3 Å². The third-order valence-corrected chi connectivity index (χ3v) is 4.20. The van der Waals surface area contributed by atoms with Crippen molar-refractivity contribution in [1.82, 2.24) is 14.9 Å². The molecule has 3 aromatic rings. The monoisotopic (exact) mass is 323 g/mol. The van der Waals surface area contributed by atoms with Crippen LogP contribution in [0.4, 0.5) is 4.39 Å². The van der Waals surface area contributed by atoms with Gasteiger partial charge in [0.15, 0.2) is 0 Å². The number of hydrogen-bond acceptors (Lipinski definition) is 4. The third kappa shape index (κ3) is 3.08. The molecule has 122 valence electrons. The molecule has 0 atom stereocenters. The van der Waals surface area contributed by atoms with Gasteiger partial charge in [-0.25, -0.2) is 9.37 Å². The number of hydrogen-bond donors (Lipinski definition) is 0. The predicted molar refractivity (Wildman–Crippen MR) is 88.7 cm³/mol. The van der Waals surface area contributed by atoms with Crippen molar-refractivity contribution in [3.8, 4) is 11.6 Å². The van der Waals surface area contributed by atoms with Gasteiger partial charge in [-0.05, 0) is 42.3 Å². The minimum absolute atomic E-state index is 0.179. The Morgan fingerprint density at radius 2 is 2.17 bits per heavy atom. The van der Waals surface area contributed by atoms with E-state index >= 15 is 0 Å². The number of halogens is 1. The Balaban J connectivity index is 1.52. The summed E-state index contributed by atoms with van der Waals surface area (Å²) in [4.78, 5) is 11.2. The SMILES string of the molecule is Cc1cc(F)cc(CN2CCc3oc(-c4ccccn4)nc3C2)c1. The predicted octanol–water partition coefficient (Wildman–Crippen LogP) is 3.74. The molecule has 0 radical (unpaired) electrons. The zero-order chi connectivity index (χ0) is 16.5. The van der Waals surface area contributed by atoms with Crippen molar-refractivity contribution in [3.63, 3.8) is 0 Å². The van der Waals surface area contributed by atoms with Gasteiger partial charge < -0.3 is 4.42 Å². The molecule has 0 amide bonds. The molecule has 0 fully saturated rings. The van der Waals surface area contributed by atoms with Crippen molar-refractivity contribution in [2.24, 2.45) is 0 Å². The van der Waals surface area contributed by atoms with Gasteiger partial charge in [-0.1, -0.05) is 12.1 Å². The van der Waals surface area contributed by atoms with Crippen molar-refractivity contribution >= 4 is 0 Å². The molecule has 0 N–H and O–H groups in total. The fraction of sp³-hybridized carbons (Fsp3) is 0.263. The highest BCUT2D eigenvalue weighted by Gasteiger charge is 2.23. The first kappa shape index (κ1) is 15.0. The molecule has 3 heterocycles. The average molecular weight is 323 g/mol. The van der Waals surface area contributed by atoms with Gasteiger partial charge in [-0.15, -0.1) is 0 Å². The van der Waals surface area contributed by atoms with E-state index in [1.54, 1.807) is 18.3 Å². The number of nitrogens with zero attached hydrogens (tertiary/aromatic N) is 3. The Morgan fingerprint density at radius 3 is 2.96 bits per heavy atom. The Kier molecular flexibility index (Phi) is 3.86. The summed E-state index contributed by atoms with van der Waals surface area (Å²) in [5, 5.41) is 0. The van der Waals surface area contributed by atoms with Crippen LogP contribution in [0.15, 0.2) is 47.0 Å². The largest absolute Gasteiger partial charge is 0.440 e. The van der Waals surface area contributed by atoms with E-state index in [4.69, 9.17) is 4.42 Å². The highest BCUT2D eigenvalue weighted by molar-refractivity contribution is 5.47. The van der Waals surface area contributed by atoms with Crippen LogP contribution in [0.25, 0.3) is 11.6 Å². The number of aromatic nitrogens is 2. The molecule has 5 heteroatoms. The first-order valence-corrected chi connectivity index (χ1v) is 8.06. The summed E-state index contributed by atoms with van der Waals surface area (Å²) in [5.74, 6) is 1.33. The molecule has 24 heavy (non-hydrogen) atoms. The molecular formula is C19H18FN3O. The van der Waals surface area contributed by atoms with Gasteiger partial charge in [0.1, 0.15) is 17.3 Å². The Morgan fingerprint density at radius 1 is 1.25 bits per heavy atom. The average Bonchev–Trinajstić information content (AvgIpc) is 2.98. The van der Waals surface area contributed by atoms with Crippen LogP contribution < -0.4 is 0 Å². The highest BCUT2D eigenvalue weighted by Crippen LogP contribution is 2.26. The maximum atomic E-state index is 13.6. The fourth-order valence-corrected chi connectivity index (χ4v) is 3.15. The number of benzene rings is 1. The molecule has 1 aliphatic heterocycles. The molecule has 0 saturated heterocycles. The van der Waals surface area contributed by atoms with E-state index in [9.17, 15) is 4.39 Å². The first-order valence-electron chi connectivity index (χ1n) is 8.06. The lowest BCUT2D eigenvalue weighted by atomic mass is 10.1. The van der Waals surface area contributed by atoms with E-state index in [1.807, 2.05) is 31.2 Å². The summed E-state index contributed by atoms with van der Waals surface area (Å²) < 4.78 is 19.4. The summed E-state index contributed by atoms with van der Waals surface area (Å²) in [6, 6.07) is 10.9. The van der Waals surface area contributed by atoms with E-state index in [0.29, 0.717) is 19.0 Å². The summed E-state index contributed by atoms with van der Waals surface area (Å²) in [6.45, 7) is 4.21. The minimum atomic E-state index is -0.179. The van der Waals surface area contributed by atoms with Crippen LogP contribution in [0.1, 0.15) is 22.6 Å². The van der Waals surface area contributed by atoms with E-state index < -0.39 is 0 Å². The standard InChI is InChI=1S/C19H18FN3O/c1-13-8-14(10-15(20)9-13)11-23-7-5-18-17(12-23)22-19(24-18)16-4-2-3-6-21-16/h2-4,6,8-10H,5,7,11-12H2,1H3. The second kappa shape index (κ2) is 6.17. The molecule has 0 aliphatic carbocycles. The normalized spacial score (nSPS) is 14.6. The lowest BCUT2D eigenvalue weighted by Gasteiger charge is -2.25. The van der Waals surface area contributed by atoms with Crippen LogP contribution in [-0.2, 0) is 19.5 Å². The molecule has 0 spiro atoms. The van der Waals surface area contributed by atoms with Crippen LogP contribution in [0.2, 0.25) is 0 Å². The molecule has 4 nitrogen and oxygen atoms in total. The quantitative estimate of drug-likeness (QED) is 0.736. The summed E-state index contributed by atoms with van der Waals surface area (Å²) in [5.41, 5.74) is 3.64. The Hall–Kier alpha value is -2.53. The second-order valence-corrected chi connectivity index (χ2v) is 6.20. The number of oxazole rings is 1. The molecular weight excluding hydrogens is 305 g/mol. The maximum Gasteiger partial charge on any atom is 0.245 e. The lowest BCUT2D eigenvalue weighted by molar-refractivity contribution is 0.232. The molecule has 2 aromatic heterocycles.